The first-order valence-electron chi connectivity index (χ1n) is 8.38. The van der Waals surface area contributed by atoms with Gasteiger partial charge in [-0.05, 0) is 26.7 Å². The van der Waals surface area contributed by atoms with Gasteiger partial charge >= 0.3 is 0 Å². The van der Waals surface area contributed by atoms with Crippen LogP contribution < -0.4 is 4.90 Å². The number of piperidine rings is 1. The summed E-state index contributed by atoms with van der Waals surface area (Å²) in [6.07, 6.45) is 2.86. The lowest BCUT2D eigenvalue weighted by Gasteiger charge is -2.51. The Kier molecular flexibility index (Phi) is 4.55. The van der Waals surface area contributed by atoms with E-state index in [4.69, 9.17) is 4.74 Å². The summed E-state index contributed by atoms with van der Waals surface area (Å²) in [5.41, 5.74) is -1.98. The van der Waals surface area contributed by atoms with Crippen LogP contribution in [0.4, 0.5) is 5.82 Å². The number of hydrogen-bond donors (Lipinski definition) is 2. The highest BCUT2D eigenvalue weighted by atomic mass is 32.2. The number of aliphatic hydroxyl groups is 2. The van der Waals surface area contributed by atoms with Crippen LogP contribution in [0.15, 0.2) is 11.1 Å². The minimum atomic E-state index is -3.45. The molecule has 0 unspecified atom stereocenters. The van der Waals surface area contributed by atoms with Crippen molar-refractivity contribution >= 4 is 15.7 Å². The van der Waals surface area contributed by atoms with Gasteiger partial charge in [-0.3, -0.25) is 0 Å². The fourth-order valence-electron chi connectivity index (χ4n) is 3.69. The van der Waals surface area contributed by atoms with Crippen molar-refractivity contribution in [2.24, 2.45) is 0 Å². The largest absolute Gasteiger partial charge is 0.387 e. The number of nitrogens with zero attached hydrogens (tertiary/aromatic N) is 3. The first-order valence-corrected chi connectivity index (χ1v) is 10.3. The molecule has 2 atom stereocenters. The third kappa shape index (κ3) is 3.38. The van der Waals surface area contributed by atoms with Gasteiger partial charge in [0.25, 0.3) is 0 Å². The van der Waals surface area contributed by atoms with Crippen LogP contribution in [0.5, 0.6) is 0 Å². The minimum absolute atomic E-state index is 0.103. The second-order valence-corrected chi connectivity index (χ2v) is 9.27. The summed E-state index contributed by atoms with van der Waals surface area (Å²) in [7, 11) is -3.45. The van der Waals surface area contributed by atoms with E-state index in [0.717, 1.165) is 6.26 Å². The number of aliphatic hydroxyl groups excluding tert-OH is 1. The second-order valence-electron chi connectivity index (χ2n) is 7.29. The highest BCUT2D eigenvalue weighted by Gasteiger charge is 2.52. The maximum atomic E-state index is 12.0. The molecule has 140 valence electrons. The normalized spacial score (nSPS) is 29.8. The second kappa shape index (κ2) is 6.15. The number of rotatable bonds is 2. The number of sulfone groups is 1. The van der Waals surface area contributed by atoms with Crippen molar-refractivity contribution in [2.75, 3.05) is 30.9 Å². The van der Waals surface area contributed by atoms with E-state index in [0.29, 0.717) is 50.6 Å². The highest BCUT2D eigenvalue weighted by molar-refractivity contribution is 7.90. The van der Waals surface area contributed by atoms with E-state index in [1.54, 1.807) is 13.8 Å². The standard InChI is InChI=1S/C16H25N3O5S/c1-11-17-10-12(25(3,22)23)13(18-11)19-7-4-16(5-8-19)14(20)15(2,21)6-9-24-16/h10,14,20-21H,4-9H2,1-3H3/t14-,15+/m0/s1. The quantitative estimate of drug-likeness (QED) is 0.750. The average molecular weight is 371 g/mol. The van der Waals surface area contributed by atoms with Gasteiger partial charge in [-0.1, -0.05) is 0 Å². The lowest BCUT2D eigenvalue weighted by Crippen LogP contribution is -2.64. The molecule has 25 heavy (non-hydrogen) atoms. The molecule has 2 fully saturated rings. The molecule has 2 N–H and O–H groups in total. The number of ether oxygens (including phenoxy) is 1. The average Bonchev–Trinajstić information content (AvgIpc) is 2.52. The van der Waals surface area contributed by atoms with Gasteiger partial charge in [-0.2, -0.15) is 0 Å². The van der Waals surface area contributed by atoms with E-state index in [-0.39, 0.29) is 4.90 Å². The van der Waals surface area contributed by atoms with Crippen LogP contribution in [0.3, 0.4) is 0 Å². The van der Waals surface area contributed by atoms with E-state index in [9.17, 15) is 18.6 Å². The molecule has 2 aliphatic rings. The number of aryl methyl sites for hydroxylation is 1. The molecule has 0 saturated carbocycles. The number of aromatic nitrogens is 2. The molecule has 2 saturated heterocycles. The first-order chi connectivity index (χ1) is 11.6. The molecule has 1 aromatic rings. The van der Waals surface area contributed by atoms with Crippen LogP contribution in [-0.4, -0.2) is 71.9 Å². The molecule has 1 spiro atoms. The summed E-state index contributed by atoms with van der Waals surface area (Å²) in [6.45, 7) is 4.69. The zero-order valence-electron chi connectivity index (χ0n) is 14.8. The maximum absolute atomic E-state index is 12.0. The molecule has 0 bridgehead atoms. The molecule has 1 aromatic heterocycles. The predicted octanol–water partition coefficient (Wildman–Crippen LogP) is 0.0597. The van der Waals surface area contributed by atoms with Gasteiger partial charge in [-0.15, -0.1) is 0 Å². The van der Waals surface area contributed by atoms with Gasteiger partial charge in [0.15, 0.2) is 15.7 Å². The lowest BCUT2D eigenvalue weighted by atomic mass is 9.75. The summed E-state index contributed by atoms with van der Waals surface area (Å²) in [4.78, 5) is 10.3. The van der Waals surface area contributed by atoms with E-state index >= 15 is 0 Å². The monoisotopic (exact) mass is 371 g/mol. The molecular formula is C16H25N3O5S. The Hall–Kier alpha value is -1.29. The summed E-state index contributed by atoms with van der Waals surface area (Å²) >= 11 is 0. The molecule has 2 aliphatic heterocycles. The Bertz CT molecular complexity index is 757. The summed E-state index contributed by atoms with van der Waals surface area (Å²) < 4.78 is 29.9. The molecule has 9 heteroatoms. The third-order valence-electron chi connectivity index (χ3n) is 5.25. The fraction of sp³-hybridized carbons (Fsp3) is 0.750. The van der Waals surface area contributed by atoms with E-state index in [2.05, 4.69) is 9.97 Å². The molecule has 3 heterocycles. The van der Waals surface area contributed by atoms with Crippen LogP contribution in [0, 0.1) is 6.92 Å². The van der Waals surface area contributed by atoms with Crippen molar-refractivity contribution < 1.29 is 23.4 Å². The van der Waals surface area contributed by atoms with Crippen molar-refractivity contribution in [3.63, 3.8) is 0 Å². The fourth-order valence-corrected chi connectivity index (χ4v) is 4.44. The molecule has 0 aliphatic carbocycles. The Morgan fingerprint density at radius 1 is 1.32 bits per heavy atom. The van der Waals surface area contributed by atoms with Gasteiger partial charge in [0.2, 0.25) is 0 Å². The summed E-state index contributed by atoms with van der Waals surface area (Å²) in [6, 6.07) is 0. The molecule has 3 rings (SSSR count). The van der Waals surface area contributed by atoms with Crippen LogP contribution in [0.2, 0.25) is 0 Å². The van der Waals surface area contributed by atoms with Crippen molar-refractivity contribution in [3.8, 4) is 0 Å². The molecule has 8 nitrogen and oxygen atoms in total. The van der Waals surface area contributed by atoms with Crippen LogP contribution >= 0.6 is 0 Å². The molecular weight excluding hydrogens is 346 g/mol. The van der Waals surface area contributed by atoms with Crippen molar-refractivity contribution in [1.82, 2.24) is 9.97 Å². The molecule has 0 amide bonds. The zero-order valence-corrected chi connectivity index (χ0v) is 15.6. The van der Waals surface area contributed by atoms with Gasteiger partial charge in [0.1, 0.15) is 22.4 Å². The summed E-state index contributed by atoms with van der Waals surface area (Å²) in [5.74, 6) is 0.890. The Morgan fingerprint density at radius 2 is 1.96 bits per heavy atom. The lowest BCUT2D eigenvalue weighted by molar-refractivity contribution is -0.239. The van der Waals surface area contributed by atoms with Crippen molar-refractivity contribution in [2.45, 2.75) is 55.3 Å². The van der Waals surface area contributed by atoms with Gasteiger partial charge < -0.3 is 19.8 Å². The zero-order chi connectivity index (χ0) is 18.5. The Morgan fingerprint density at radius 3 is 2.56 bits per heavy atom. The highest BCUT2D eigenvalue weighted by Crippen LogP contribution is 2.40. The van der Waals surface area contributed by atoms with Crippen molar-refractivity contribution in [1.29, 1.82) is 0 Å². The van der Waals surface area contributed by atoms with E-state index < -0.39 is 27.1 Å². The molecule has 0 radical (unpaired) electrons. The van der Waals surface area contributed by atoms with Gasteiger partial charge in [0, 0.05) is 25.8 Å². The summed E-state index contributed by atoms with van der Waals surface area (Å²) in [5, 5.41) is 21.0. The van der Waals surface area contributed by atoms with E-state index in [1.807, 2.05) is 4.90 Å². The topological polar surface area (TPSA) is 113 Å². The van der Waals surface area contributed by atoms with Gasteiger partial charge in [0.05, 0.1) is 18.4 Å². The molecule has 0 aromatic carbocycles. The first kappa shape index (κ1) is 18.5. The Balaban J connectivity index is 1.85. The van der Waals surface area contributed by atoms with Gasteiger partial charge in [-0.25, -0.2) is 18.4 Å². The SMILES string of the molecule is Cc1ncc(S(C)(=O)=O)c(N2CCC3(CC2)OCC[C@@](C)(O)[C@@H]3O)n1. The van der Waals surface area contributed by atoms with Crippen LogP contribution in [-0.2, 0) is 14.6 Å². The number of anilines is 1. The Labute approximate surface area is 147 Å². The number of hydrogen-bond acceptors (Lipinski definition) is 8. The van der Waals surface area contributed by atoms with E-state index in [1.165, 1.54) is 6.20 Å². The van der Waals surface area contributed by atoms with Crippen molar-refractivity contribution in [3.05, 3.63) is 12.0 Å². The predicted molar refractivity (Wildman–Crippen MR) is 91.3 cm³/mol. The maximum Gasteiger partial charge on any atom is 0.180 e. The van der Waals surface area contributed by atoms with Crippen LogP contribution in [0.1, 0.15) is 32.0 Å². The third-order valence-corrected chi connectivity index (χ3v) is 6.34. The van der Waals surface area contributed by atoms with Crippen LogP contribution in [0.25, 0.3) is 0 Å². The smallest absolute Gasteiger partial charge is 0.180 e. The minimum Gasteiger partial charge on any atom is -0.387 e.